The summed E-state index contributed by atoms with van der Waals surface area (Å²) in [5.41, 5.74) is 7.67. The molecule has 1 heterocycles. The highest BCUT2D eigenvalue weighted by molar-refractivity contribution is 5.36. The van der Waals surface area contributed by atoms with Gasteiger partial charge in [0.05, 0.1) is 0 Å². The lowest BCUT2D eigenvalue weighted by molar-refractivity contribution is 0.299. The van der Waals surface area contributed by atoms with E-state index in [1.807, 2.05) is 6.07 Å². The molecule has 1 atom stereocenters. The van der Waals surface area contributed by atoms with Crippen LogP contribution in [0.5, 0.6) is 5.75 Å². The fourth-order valence-corrected chi connectivity index (χ4v) is 1.80. The van der Waals surface area contributed by atoms with E-state index in [-0.39, 0.29) is 18.5 Å². The molecule has 0 aliphatic heterocycles. The summed E-state index contributed by atoms with van der Waals surface area (Å²) < 4.78 is 18.9. The van der Waals surface area contributed by atoms with Crippen molar-refractivity contribution in [2.24, 2.45) is 5.73 Å². The molecule has 0 radical (unpaired) electrons. The average molecular weight is 271 g/mol. The van der Waals surface area contributed by atoms with E-state index in [1.54, 1.807) is 25.1 Å². The molecule has 2 N–H and O–H groups in total. The highest BCUT2D eigenvalue weighted by atomic mass is 19.1. The molecule has 4 nitrogen and oxygen atoms in total. The summed E-state index contributed by atoms with van der Waals surface area (Å²) >= 11 is 0. The van der Waals surface area contributed by atoms with Gasteiger partial charge in [-0.15, -0.1) is 0 Å². The lowest BCUT2D eigenvalue weighted by Crippen LogP contribution is -2.08. The van der Waals surface area contributed by atoms with E-state index >= 15 is 0 Å². The number of benzene rings is 1. The third-order valence-electron chi connectivity index (χ3n) is 2.80. The lowest BCUT2D eigenvalue weighted by atomic mass is 10.1. The second kappa shape index (κ2) is 6.13. The van der Waals surface area contributed by atoms with Crippen LogP contribution in [-0.2, 0) is 6.61 Å². The summed E-state index contributed by atoms with van der Waals surface area (Å²) in [6.07, 6.45) is 1.54. The van der Waals surface area contributed by atoms with Crippen LogP contribution in [0.3, 0.4) is 0 Å². The quantitative estimate of drug-likeness (QED) is 0.928. The largest absolute Gasteiger partial charge is 0.488 e. The fourth-order valence-electron chi connectivity index (χ4n) is 1.80. The van der Waals surface area contributed by atoms with E-state index in [4.69, 9.17) is 15.7 Å². The summed E-state index contributed by atoms with van der Waals surface area (Å²) in [5, 5.41) is 8.78. The number of hydrogen-bond acceptors (Lipinski definition) is 4. The smallest absolute Gasteiger partial charge is 0.140 e. The minimum atomic E-state index is -0.378. The van der Waals surface area contributed by atoms with Crippen LogP contribution in [0.1, 0.15) is 29.8 Å². The summed E-state index contributed by atoms with van der Waals surface area (Å²) in [7, 11) is 0. The molecule has 0 aliphatic rings. The molecule has 5 heteroatoms. The Bertz CT molecular complexity index is 650. The molecule has 0 spiro atoms. The first kappa shape index (κ1) is 14.0. The van der Waals surface area contributed by atoms with E-state index < -0.39 is 0 Å². The van der Waals surface area contributed by atoms with Crippen LogP contribution in [0, 0.1) is 17.1 Å². The molecule has 0 saturated heterocycles. The predicted molar refractivity (Wildman–Crippen MR) is 72.3 cm³/mol. The molecule has 0 amide bonds. The molecule has 1 aromatic carbocycles. The normalized spacial score (nSPS) is 11.7. The van der Waals surface area contributed by atoms with Crippen LogP contribution in [0.4, 0.5) is 4.39 Å². The van der Waals surface area contributed by atoms with Gasteiger partial charge in [-0.05, 0) is 30.7 Å². The molecule has 0 aliphatic carbocycles. The number of rotatable bonds is 4. The van der Waals surface area contributed by atoms with Crippen molar-refractivity contribution < 1.29 is 9.13 Å². The average Bonchev–Trinajstić information content (AvgIpc) is 2.45. The van der Waals surface area contributed by atoms with Gasteiger partial charge in [0.25, 0.3) is 0 Å². The fraction of sp³-hybridized carbons (Fsp3) is 0.200. The molecule has 2 rings (SSSR count). The van der Waals surface area contributed by atoms with E-state index in [0.29, 0.717) is 11.4 Å². The zero-order valence-corrected chi connectivity index (χ0v) is 11.0. The minimum absolute atomic E-state index is 0.223. The van der Waals surface area contributed by atoms with Gasteiger partial charge in [0.15, 0.2) is 0 Å². The zero-order valence-electron chi connectivity index (χ0n) is 11.0. The van der Waals surface area contributed by atoms with Gasteiger partial charge in [0.1, 0.15) is 29.9 Å². The van der Waals surface area contributed by atoms with Crippen molar-refractivity contribution in [2.45, 2.75) is 19.6 Å². The van der Waals surface area contributed by atoms with Gasteiger partial charge in [-0.1, -0.05) is 6.07 Å². The Balaban J connectivity index is 2.18. The Hall–Kier alpha value is -2.45. The highest BCUT2D eigenvalue weighted by Crippen LogP contribution is 2.25. The van der Waals surface area contributed by atoms with Gasteiger partial charge in [-0.3, -0.25) is 0 Å². The van der Waals surface area contributed by atoms with E-state index in [1.165, 1.54) is 18.3 Å². The van der Waals surface area contributed by atoms with Crippen molar-refractivity contribution in [3.63, 3.8) is 0 Å². The van der Waals surface area contributed by atoms with Gasteiger partial charge in [0.2, 0.25) is 0 Å². The van der Waals surface area contributed by atoms with E-state index in [9.17, 15) is 4.39 Å². The van der Waals surface area contributed by atoms with Gasteiger partial charge < -0.3 is 10.5 Å². The van der Waals surface area contributed by atoms with Gasteiger partial charge in [0, 0.05) is 23.9 Å². The SMILES string of the molecule is CC(N)c1ccc(F)cc1OCc1ccnc(C#N)c1. The van der Waals surface area contributed by atoms with Crippen LogP contribution in [0.15, 0.2) is 36.5 Å². The Kier molecular flexibility index (Phi) is 4.28. The van der Waals surface area contributed by atoms with Crippen LogP contribution < -0.4 is 10.5 Å². The minimum Gasteiger partial charge on any atom is -0.488 e. The van der Waals surface area contributed by atoms with Crippen molar-refractivity contribution in [3.8, 4) is 11.8 Å². The molecule has 0 bridgehead atoms. The van der Waals surface area contributed by atoms with Crippen LogP contribution in [0.25, 0.3) is 0 Å². The number of nitrogens with two attached hydrogens (primary N) is 1. The van der Waals surface area contributed by atoms with Gasteiger partial charge in [-0.2, -0.15) is 5.26 Å². The molecule has 1 aromatic heterocycles. The topological polar surface area (TPSA) is 71.9 Å². The Morgan fingerprint density at radius 1 is 1.40 bits per heavy atom. The lowest BCUT2D eigenvalue weighted by Gasteiger charge is -2.14. The van der Waals surface area contributed by atoms with Crippen molar-refractivity contribution in [3.05, 3.63) is 59.2 Å². The number of pyridine rings is 1. The summed E-state index contributed by atoms with van der Waals surface area (Å²) in [4.78, 5) is 3.88. The maximum atomic E-state index is 13.3. The number of nitrogens with zero attached hydrogens (tertiary/aromatic N) is 2. The summed E-state index contributed by atoms with van der Waals surface area (Å²) in [6, 6.07) is 9.35. The Labute approximate surface area is 116 Å². The molecular formula is C15H14FN3O. The molecule has 20 heavy (non-hydrogen) atoms. The first-order valence-electron chi connectivity index (χ1n) is 6.13. The maximum Gasteiger partial charge on any atom is 0.140 e. The molecule has 0 fully saturated rings. The van der Waals surface area contributed by atoms with Crippen LogP contribution >= 0.6 is 0 Å². The van der Waals surface area contributed by atoms with E-state index in [2.05, 4.69) is 4.98 Å². The maximum absolute atomic E-state index is 13.3. The number of halogens is 1. The molecule has 102 valence electrons. The third-order valence-corrected chi connectivity index (χ3v) is 2.80. The molecular weight excluding hydrogens is 257 g/mol. The number of hydrogen-bond donors (Lipinski definition) is 1. The van der Waals surface area contributed by atoms with Gasteiger partial charge >= 0.3 is 0 Å². The van der Waals surface area contributed by atoms with Crippen molar-refractivity contribution >= 4 is 0 Å². The van der Waals surface area contributed by atoms with Gasteiger partial charge in [-0.25, -0.2) is 9.37 Å². The molecule has 1 unspecified atom stereocenters. The number of ether oxygens (including phenoxy) is 1. The Morgan fingerprint density at radius 3 is 2.90 bits per heavy atom. The standard InChI is InChI=1S/C15H14FN3O/c1-10(18)14-3-2-12(16)7-15(14)20-9-11-4-5-19-13(6-11)8-17/h2-7,10H,9,18H2,1H3. The van der Waals surface area contributed by atoms with Crippen LogP contribution in [-0.4, -0.2) is 4.98 Å². The second-order valence-corrected chi connectivity index (χ2v) is 4.42. The predicted octanol–water partition coefficient (Wildman–Crippen LogP) is 2.69. The summed E-state index contributed by atoms with van der Waals surface area (Å²) in [6.45, 7) is 2.03. The van der Waals surface area contributed by atoms with Crippen molar-refractivity contribution in [1.29, 1.82) is 5.26 Å². The monoisotopic (exact) mass is 271 g/mol. The second-order valence-electron chi connectivity index (χ2n) is 4.42. The molecule has 0 saturated carbocycles. The Morgan fingerprint density at radius 2 is 2.20 bits per heavy atom. The number of aromatic nitrogens is 1. The zero-order chi connectivity index (χ0) is 14.5. The highest BCUT2D eigenvalue weighted by Gasteiger charge is 2.10. The van der Waals surface area contributed by atoms with E-state index in [0.717, 1.165) is 11.1 Å². The van der Waals surface area contributed by atoms with Crippen LogP contribution in [0.2, 0.25) is 0 Å². The molecule has 2 aromatic rings. The third kappa shape index (κ3) is 3.31. The first-order chi connectivity index (χ1) is 9.60. The number of nitriles is 1. The summed E-state index contributed by atoms with van der Waals surface area (Å²) in [5.74, 6) is 0.0344. The van der Waals surface area contributed by atoms with Crippen molar-refractivity contribution in [2.75, 3.05) is 0 Å². The first-order valence-corrected chi connectivity index (χ1v) is 6.13. The van der Waals surface area contributed by atoms with Crippen molar-refractivity contribution in [1.82, 2.24) is 4.98 Å².